The van der Waals surface area contributed by atoms with Crippen molar-refractivity contribution < 1.29 is 29.1 Å². The predicted molar refractivity (Wildman–Crippen MR) is 118 cm³/mol. The molecule has 32 heavy (non-hydrogen) atoms. The number of nitrogens with one attached hydrogen (secondary N) is 3. The summed E-state index contributed by atoms with van der Waals surface area (Å²) in [6.07, 6.45) is 1.89. The summed E-state index contributed by atoms with van der Waals surface area (Å²) in [5.74, 6) is -3.94. The number of carboxylic acids is 1. The Kier molecular flexibility index (Phi) is 13.8. The van der Waals surface area contributed by atoms with Crippen LogP contribution in [0.3, 0.4) is 0 Å². The Morgan fingerprint density at radius 2 is 1.53 bits per heavy atom. The van der Waals surface area contributed by atoms with Crippen LogP contribution in [0.4, 0.5) is 0 Å². The second-order valence-electron chi connectivity index (χ2n) is 7.90. The third kappa shape index (κ3) is 11.0. The molecule has 0 aliphatic rings. The molecular formula is C20H38N6O6. The van der Waals surface area contributed by atoms with E-state index in [0.717, 1.165) is 0 Å². The van der Waals surface area contributed by atoms with E-state index in [0.29, 0.717) is 25.8 Å². The summed E-state index contributed by atoms with van der Waals surface area (Å²) in [5, 5.41) is 16.9. The SMILES string of the molecule is CCC(C)C(NC(=O)C(C)NC(=O)C(N)CCC(N)=O)C(=O)NC(CCCCN)C(=O)O. The molecule has 0 aromatic heterocycles. The van der Waals surface area contributed by atoms with Gasteiger partial charge in [0.05, 0.1) is 6.04 Å². The minimum Gasteiger partial charge on any atom is -0.480 e. The number of rotatable bonds is 16. The molecular weight excluding hydrogens is 420 g/mol. The van der Waals surface area contributed by atoms with E-state index in [4.69, 9.17) is 17.2 Å². The monoisotopic (exact) mass is 458 g/mol. The maximum absolute atomic E-state index is 12.8. The molecule has 5 unspecified atom stereocenters. The fourth-order valence-electron chi connectivity index (χ4n) is 2.81. The number of amides is 4. The molecule has 0 saturated carbocycles. The van der Waals surface area contributed by atoms with Crippen molar-refractivity contribution >= 4 is 29.6 Å². The standard InChI is InChI=1S/C20H38N6O6/c1-4-11(2)16(19(30)25-14(20(31)32)7-5-6-10-21)26-17(28)12(3)24-18(29)13(22)8-9-15(23)27/h11-14,16H,4-10,21-22H2,1-3H3,(H2,23,27)(H,24,29)(H,25,30)(H,26,28)(H,31,32). The van der Waals surface area contributed by atoms with Gasteiger partial charge < -0.3 is 38.3 Å². The predicted octanol–water partition coefficient (Wildman–Crippen LogP) is -1.69. The number of nitrogens with two attached hydrogens (primary N) is 3. The molecule has 0 aliphatic carbocycles. The summed E-state index contributed by atoms with van der Waals surface area (Å²) in [5.41, 5.74) is 16.1. The topological polar surface area (TPSA) is 220 Å². The van der Waals surface area contributed by atoms with Crippen molar-refractivity contribution in [3.63, 3.8) is 0 Å². The lowest BCUT2D eigenvalue weighted by Gasteiger charge is -2.27. The molecule has 0 bridgehead atoms. The number of carboxylic acid groups (broad SMARTS) is 1. The maximum atomic E-state index is 12.8. The molecule has 0 spiro atoms. The van der Waals surface area contributed by atoms with Crippen molar-refractivity contribution in [2.24, 2.45) is 23.1 Å². The van der Waals surface area contributed by atoms with E-state index in [9.17, 15) is 29.1 Å². The number of unbranched alkanes of at least 4 members (excludes halogenated alkanes) is 1. The molecule has 0 rings (SSSR count). The number of hydrogen-bond acceptors (Lipinski definition) is 7. The number of hydrogen-bond donors (Lipinski definition) is 7. The van der Waals surface area contributed by atoms with Gasteiger partial charge in [0, 0.05) is 6.42 Å². The van der Waals surface area contributed by atoms with Gasteiger partial charge in [0.15, 0.2) is 0 Å². The van der Waals surface area contributed by atoms with Gasteiger partial charge in [-0.15, -0.1) is 0 Å². The second kappa shape index (κ2) is 15.1. The largest absolute Gasteiger partial charge is 0.480 e. The lowest BCUT2D eigenvalue weighted by Crippen LogP contribution is -2.58. The van der Waals surface area contributed by atoms with Crippen LogP contribution in [0.15, 0.2) is 0 Å². The molecule has 5 atom stereocenters. The van der Waals surface area contributed by atoms with E-state index in [1.807, 2.05) is 6.92 Å². The number of carbonyl (C=O) groups excluding carboxylic acids is 4. The van der Waals surface area contributed by atoms with Crippen molar-refractivity contribution in [1.82, 2.24) is 16.0 Å². The summed E-state index contributed by atoms with van der Waals surface area (Å²) >= 11 is 0. The van der Waals surface area contributed by atoms with Crippen molar-refractivity contribution in [3.05, 3.63) is 0 Å². The van der Waals surface area contributed by atoms with E-state index in [1.165, 1.54) is 6.92 Å². The van der Waals surface area contributed by atoms with Crippen LogP contribution in [-0.4, -0.2) is 65.4 Å². The zero-order chi connectivity index (χ0) is 24.8. The van der Waals surface area contributed by atoms with Gasteiger partial charge in [0.2, 0.25) is 23.6 Å². The van der Waals surface area contributed by atoms with Crippen LogP contribution in [0.5, 0.6) is 0 Å². The Balaban J connectivity index is 5.07. The number of primary amides is 1. The molecule has 0 fully saturated rings. The second-order valence-corrected chi connectivity index (χ2v) is 7.90. The van der Waals surface area contributed by atoms with Gasteiger partial charge in [0.25, 0.3) is 0 Å². The van der Waals surface area contributed by atoms with Gasteiger partial charge >= 0.3 is 5.97 Å². The molecule has 10 N–H and O–H groups in total. The Hall–Kier alpha value is -2.73. The molecule has 0 aromatic carbocycles. The van der Waals surface area contributed by atoms with Crippen molar-refractivity contribution in [2.45, 2.75) is 83.5 Å². The minimum atomic E-state index is -1.17. The van der Waals surface area contributed by atoms with Gasteiger partial charge in [0.1, 0.15) is 18.1 Å². The smallest absolute Gasteiger partial charge is 0.326 e. The summed E-state index contributed by atoms with van der Waals surface area (Å²) in [7, 11) is 0. The molecule has 12 nitrogen and oxygen atoms in total. The highest BCUT2D eigenvalue weighted by molar-refractivity contribution is 5.94. The first-order chi connectivity index (χ1) is 14.9. The van der Waals surface area contributed by atoms with E-state index < -0.39 is 53.8 Å². The van der Waals surface area contributed by atoms with E-state index in [1.54, 1.807) is 6.92 Å². The van der Waals surface area contributed by atoms with Gasteiger partial charge in [-0.2, -0.15) is 0 Å². The van der Waals surface area contributed by atoms with Crippen molar-refractivity contribution in [1.29, 1.82) is 0 Å². The first-order valence-electron chi connectivity index (χ1n) is 10.8. The highest BCUT2D eigenvalue weighted by atomic mass is 16.4. The zero-order valence-corrected chi connectivity index (χ0v) is 19.1. The van der Waals surface area contributed by atoms with Crippen LogP contribution >= 0.6 is 0 Å². The highest BCUT2D eigenvalue weighted by Crippen LogP contribution is 2.10. The van der Waals surface area contributed by atoms with E-state index >= 15 is 0 Å². The maximum Gasteiger partial charge on any atom is 0.326 e. The van der Waals surface area contributed by atoms with Crippen LogP contribution in [0.1, 0.15) is 59.3 Å². The van der Waals surface area contributed by atoms with Gasteiger partial charge in [-0.3, -0.25) is 19.2 Å². The van der Waals surface area contributed by atoms with Crippen molar-refractivity contribution in [2.75, 3.05) is 6.54 Å². The Bertz CT molecular complexity index is 658. The summed E-state index contributed by atoms with van der Waals surface area (Å²) < 4.78 is 0. The van der Waals surface area contributed by atoms with Crippen LogP contribution in [0.2, 0.25) is 0 Å². The molecule has 0 heterocycles. The molecule has 0 radical (unpaired) electrons. The van der Waals surface area contributed by atoms with E-state index in [-0.39, 0.29) is 25.2 Å². The Morgan fingerprint density at radius 3 is 2.03 bits per heavy atom. The van der Waals surface area contributed by atoms with Gasteiger partial charge in [-0.1, -0.05) is 20.3 Å². The molecule has 0 saturated heterocycles. The summed E-state index contributed by atoms with van der Waals surface area (Å²) in [4.78, 5) is 59.7. The quantitative estimate of drug-likeness (QED) is 0.132. The molecule has 184 valence electrons. The highest BCUT2D eigenvalue weighted by Gasteiger charge is 2.31. The molecule has 12 heteroatoms. The third-order valence-electron chi connectivity index (χ3n) is 5.15. The van der Waals surface area contributed by atoms with Crippen molar-refractivity contribution in [3.8, 4) is 0 Å². The number of aliphatic carboxylic acids is 1. The Labute approximate surface area is 188 Å². The molecule has 4 amide bonds. The summed E-state index contributed by atoms with van der Waals surface area (Å²) in [6, 6.07) is -4.12. The van der Waals surface area contributed by atoms with Gasteiger partial charge in [-0.25, -0.2) is 4.79 Å². The first kappa shape index (κ1) is 29.3. The zero-order valence-electron chi connectivity index (χ0n) is 19.1. The normalized spacial score (nSPS) is 15.5. The van der Waals surface area contributed by atoms with Crippen LogP contribution in [-0.2, 0) is 24.0 Å². The van der Waals surface area contributed by atoms with E-state index in [2.05, 4.69) is 16.0 Å². The molecule has 0 aromatic rings. The lowest BCUT2D eigenvalue weighted by molar-refractivity contribution is -0.143. The lowest BCUT2D eigenvalue weighted by atomic mass is 9.97. The third-order valence-corrected chi connectivity index (χ3v) is 5.15. The molecule has 0 aliphatic heterocycles. The Morgan fingerprint density at radius 1 is 0.906 bits per heavy atom. The number of carbonyl (C=O) groups is 5. The fourth-order valence-corrected chi connectivity index (χ4v) is 2.81. The first-order valence-corrected chi connectivity index (χ1v) is 10.8. The average molecular weight is 459 g/mol. The van der Waals surface area contributed by atoms with Crippen LogP contribution in [0.25, 0.3) is 0 Å². The summed E-state index contributed by atoms with van der Waals surface area (Å²) in [6.45, 7) is 5.42. The van der Waals surface area contributed by atoms with Crippen LogP contribution < -0.4 is 33.2 Å². The minimum absolute atomic E-state index is 0.0359. The fraction of sp³-hybridized carbons (Fsp3) is 0.750. The average Bonchev–Trinajstić information content (AvgIpc) is 2.73. The van der Waals surface area contributed by atoms with Crippen LogP contribution in [0, 0.1) is 5.92 Å². The van der Waals surface area contributed by atoms with Gasteiger partial charge in [-0.05, 0) is 45.1 Å².